The third-order valence-electron chi connectivity index (χ3n) is 2.90. The number of nitrogens with zero attached hydrogens (tertiary/aromatic N) is 1. The first-order valence-electron chi connectivity index (χ1n) is 4.89. The third kappa shape index (κ3) is 2.24. The molecule has 1 rings (SSSR count). The molecule has 0 heterocycles. The van der Waals surface area contributed by atoms with Crippen molar-refractivity contribution in [1.29, 1.82) is 5.26 Å². The average molecular weight is 165 g/mol. The van der Waals surface area contributed by atoms with Gasteiger partial charge in [-0.25, -0.2) is 0 Å². The van der Waals surface area contributed by atoms with Crippen molar-refractivity contribution in [3.63, 3.8) is 0 Å². The smallest absolute Gasteiger partial charge is 0.0689 e. The van der Waals surface area contributed by atoms with Crippen LogP contribution in [0.25, 0.3) is 0 Å². The quantitative estimate of drug-likeness (QED) is 0.614. The fraction of sp³-hybridized carbons (Fsp3) is 0.909. The van der Waals surface area contributed by atoms with E-state index in [1.54, 1.807) is 0 Å². The summed E-state index contributed by atoms with van der Waals surface area (Å²) in [5.74, 6) is 0. The van der Waals surface area contributed by atoms with Gasteiger partial charge in [-0.3, -0.25) is 0 Å². The molecule has 0 aromatic carbocycles. The van der Waals surface area contributed by atoms with Crippen LogP contribution in [0.3, 0.4) is 0 Å². The van der Waals surface area contributed by atoms with Gasteiger partial charge in [0.2, 0.25) is 0 Å². The van der Waals surface area contributed by atoms with Gasteiger partial charge < -0.3 is 0 Å². The molecule has 0 atom stereocenters. The van der Waals surface area contributed by atoms with E-state index in [0.717, 1.165) is 19.3 Å². The minimum absolute atomic E-state index is 0.0767. The van der Waals surface area contributed by atoms with Crippen molar-refractivity contribution in [3.8, 4) is 6.07 Å². The molecule has 0 aromatic rings. The van der Waals surface area contributed by atoms with Crippen LogP contribution in [0.5, 0.6) is 0 Å². The van der Waals surface area contributed by atoms with E-state index < -0.39 is 0 Å². The van der Waals surface area contributed by atoms with E-state index >= 15 is 0 Å². The molecule has 0 spiro atoms. The number of nitriles is 1. The van der Waals surface area contributed by atoms with Gasteiger partial charge in [-0.1, -0.05) is 27.2 Å². The minimum atomic E-state index is 0.0767. The molecule has 0 unspecified atom stereocenters. The first kappa shape index (κ1) is 9.58. The molecular formula is C11H19N. The Labute approximate surface area is 75.8 Å². The molecular weight excluding hydrogens is 146 g/mol. The second kappa shape index (κ2) is 3.09. The highest BCUT2D eigenvalue weighted by atomic mass is 14.4. The van der Waals surface area contributed by atoms with E-state index in [9.17, 15) is 0 Å². The summed E-state index contributed by atoms with van der Waals surface area (Å²) in [5.41, 5.74) is 0.465. The van der Waals surface area contributed by atoms with E-state index in [1.165, 1.54) is 12.8 Å². The van der Waals surface area contributed by atoms with E-state index in [-0.39, 0.29) is 5.41 Å². The Kier molecular flexibility index (Phi) is 2.46. The van der Waals surface area contributed by atoms with Crippen LogP contribution in [0, 0.1) is 22.2 Å². The summed E-state index contributed by atoms with van der Waals surface area (Å²) >= 11 is 0. The zero-order chi connectivity index (χ0) is 9.24. The van der Waals surface area contributed by atoms with Gasteiger partial charge in [-0.2, -0.15) is 5.26 Å². The average Bonchev–Trinajstić information content (AvgIpc) is 1.84. The monoisotopic (exact) mass is 165 g/mol. The van der Waals surface area contributed by atoms with Gasteiger partial charge in [0.1, 0.15) is 0 Å². The lowest BCUT2D eigenvalue weighted by atomic mass is 9.65. The normalized spacial score (nSPS) is 21.2. The molecule has 1 aliphatic carbocycles. The van der Waals surface area contributed by atoms with Crippen LogP contribution < -0.4 is 0 Å². The van der Waals surface area contributed by atoms with Crippen molar-refractivity contribution in [2.75, 3.05) is 0 Å². The van der Waals surface area contributed by atoms with Gasteiger partial charge in [0, 0.05) is 0 Å². The number of rotatable bonds is 2. The molecule has 0 aliphatic heterocycles. The molecule has 0 N–H and O–H groups in total. The first-order valence-corrected chi connectivity index (χ1v) is 4.89. The van der Waals surface area contributed by atoms with Gasteiger partial charge in [0.25, 0.3) is 0 Å². The molecule has 12 heavy (non-hydrogen) atoms. The molecule has 0 amide bonds. The zero-order valence-corrected chi connectivity index (χ0v) is 8.48. The lowest BCUT2D eigenvalue weighted by Crippen LogP contribution is -2.28. The second-order valence-corrected chi connectivity index (χ2v) is 5.31. The summed E-state index contributed by atoms with van der Waals surface area (Å²) in [5, 5.41) is 8.98. The highest BCUT2D eigenvalue weighted by Crippen LogP contribution is 2.45. The molecule has 1 nitrogen and oxygen atoms in total. The summed E-state index contributed by atoms with van der Waals surface area (Å²) in [7, 11) is 0. The third-order valence-corrected chi connectivity index (χ3v) is 2.90. The Balaban J connectivity index is 2.36. The SMILES string of the molecule is CC(C)(C)CCC1(C#N)CCC1. The van der Waals surface area contributed by atoms with Crippen LogP contribution in [0.2, 0.25) is 0 Å². The van der Waals surface area contributed by atoms with Crippen molar-refractivity contribution in [1.82, 2.24) is 0 Å². The Hall–Kier alpha value is -0.510. The predicted molar refractivity (Wildman–Crippen MR) is 50.6 cm³/mol. The number of hydrogen-bond acceptors (Lipinski definition) is 1. The van der Waals surface area contributed by atoms with Crippen LogP contribution in [0.4, 0.5) is 0 Å². The van der Waals surface area contributed by atoms with Gasteiger partial charge >= 0.3 is 0 Å². The van der Waals surface area contributed by atoms with Crippen LogP contribution in [-0.4, -0.2) is 0 Å². The highest BCUT2D eigenvalue weighted by molar-refractivity contribution is 5.04. The van der Waals surface area contributed by atoms with Crippen molar-refractivity contribution < 1.29 is 0 Å². The van der Waals surface area contributed by atoms with Crippen LogP contribution >= 0.6 is 0 Å². The summed E-state index contributed by atoms with van der Waals surface area (Å²) in [6, 6.07) is 2.49. The molecule has 68 valence electrons. The van der Waals surface area contributed by atoms with Gasteiger partial charge in [0.15, 0.2) is 0 Å². The van der Waals surface area contributed by atoms with Crippen molar-refractivity contribution in [2.45, 2.75) is 52.9 Å². The van der Waals surface area contributed by atoms with Crippen LogP contribution in [0.15, 0.2) is 0 Å². The number of hydrogen-bond donors (Lipinski definition) is 0. The van der Waals surface area contributed by atoms with Crippen LogP contribution in [0.1, 0.15) is 52.9 Å². The maximum atomic E-state index is 8.98. The fourth-order valence-electron chi connectivity index (χ4n) is 1.64. The maximum absolute atomic E-state index is 8.98. The molecule has 0 aromatic heterocycles. The van der Waals surface area contributed by atoms with Gasteiger partial charge in [-0.15, -0.1) is 0 Å². The first-order chi connectivity index (χ1) is 5.47. The maximum Gasteiger partial charge on any atom is 0.0689 e. The molecule has 0 saturated heterocycles. The van der Waals surface area contributed by atoms with Gasteiger partial charge in [0.05, 0.1) is 11.5 Å². The lowest BCUT2D eigenvalue weighted by molar-refractivity contribution is 0.167. The Morgan fingerprint density at radius 3 is 2.17 bits per heavy atom. The van der Waals surface area contributed by atoms with Gasteiger partial charge in [-0.05, 0) is 31.1 Å². The zero-order valence-electron chi connectivity index (χ0n) is 8.48. The van der Waals surface area contributed by atoms with Crippen molar-refractivity contribution >= 4 is 0 Å². The Morgan fingerprint density at radius 2 is 1.92 bits per heavy atom. The topological polar surface area (TPSA) is 23.8 Å². The molecule has 1 saturated carbocycles. The summed E-state index contributed by atoms with van der Waals surface area (Å²) in [4.78, 5) is 0. The lowest BCUT2D eigenvalue weighted by Gasteiger charge is -2.37. The molecule has 1 heteroatoms. The minimum Gasteiger partial charge on any atom is -0.198 e. The summed E-state index contributed by atoms with van der Waals surface area (Å²) < 4.78 is 0. The Bertz CT molecular complexity index is 188. The standard InChI is InChI=1S/C11H19N/c1-10(2,3)7-8-11(9-12)5-4-6-11/h4-8H2,1-3H3. The largest absolute Gasteiger partial charge is 0.198 e. The summed E-state index contributed by atoms with van der Waals surface area (Å²) in [6.45, 7) is 6.74. The molecule has 1 aliphatic rings. The van der Waals surface area contributed by atoms with E-state index in [0.29, 0.717) is 5.41 Å². The molecule has 0 radical (unpaired) electrons. The molecule has 1 fully saturated rings. The van der Waals surface area contributed by atoms with E-state index in [2.05, 4.69) is 26.8 Å². The summed E-state index contributed by atoms with van der Waals surface area (Å²) in [6.07, 6.45) is 5.82. The Morgan fingerprint density at radius 1 is 1.33 bits per heavy atom. The van der Waals surface area contributed by atoms with E-state index in [4.69, 9.17) is 5.26 Å². The fourth-order valence-corrected chi connectivity index (χ4v) is 1.64. The molecule has 0 bridgehead atoms. The van der Waals surface area contributed by atoms with E-state index in [1.807, 2.05) is 0 Å². The predicted octanol–water partition coefficient (Wildman–Crippen LogP) is 3.51. The second-order valence-electron chi connectivity index (χ2n) is 5.31. The van der Waals surface area contributed by atoms with Crippen molar-refractivity contribution in [3.05, 3.63) is 0 Å². The highest BCUT2D eigenvalue weighted by Gasteiger charge is 2.37. The van der Waals surface area contributed by atoms with Crippen LogP contribution in [-0.2, 0) is 0 Å². The van der Waals surface area contributed by atoms with Crippen molar-refractivity contribution in [2.24, 2.45) is 10.8 Å².